The molecule has 2 amide bonds. The Bertz CT molecular complexity index is 733. The van der Waals surface area contributed by atoms with Gasteiger partial charge in [0.2, 0.25) is 0 Å². The van der Waals surface area contributed by atoms with Crippen molar-refractivity contribution in [2.24, 2.45) is 5.73 Å². The first kappa shape index (κ1) is 15.3. The molecule has 120 valence electrons. The lowest BCUT2D eigenvalue weighted by Crippen LogP contribution is -2.43. The minimum Gasteiger partial charge on any atom is -0.497 e. The molecule has 3 rings (SSSR count). The number of nitrogens with zero attached hydrogens (tertiary/aromatic N) is 1. The van der Waals surface area contributed by atoms with Crippen LogP contribution in [0.3, 0.4) is 0 Å². The number of nitrogens with two attached hydrogens (primary N) is 1. The summed E-state index contributed by atoms with van der Waals surface area (Å²) in [7, 11) is 1.50. The first-order valence-electron chi connectivity index (χ1n) is 7.56. The van der Waals surface area contributed by atoms with Gasteiger partial charge in [0, 0.05) is 12.6 Å². The number of carbonyl (C=O) groups excluding carboxylic acids is 1. The number of hydrogen-bond acceptors (Lipinski definition) is 2. The maximum atomic E-state index is 13.7. The predicted octanol–water partition coefficient (Wildman–Crippen LogP) is 3.05. The van der Waals surface area contributed by atoms with Gasteiger partial charge >= 0.3 is 6.03 Å². The number of carbonyl (C=O) groups is 1. The molecule has 4 nitrogen and oxygen atoms in total. The van der Waals surface area contributed by atoms with Crippen LogP contribution in [0.4, 0.5) is 9.18 Å². The standard InChI is InChI=1S/C18H19FN2O2/c1-23-15-9-12(8-14(19)11-15)10-17-16-5-3-2-4-13(16)6-7-21(17)18(20)22/h2-5,8-9,11,17H,6-7,10H2,1H3,(H2,20,22). The molecule has 0 spiro atoms. The molecular formula is C18H19FN2O2. The number of amides is 2. The first-order chi connectivity index (χ1) is 11.1. The van der Waals surface area contributed by atoms with Crippen molar-refractivity contribution in [3.05, 3.63) is 65.0 Å². The molecule has 2 aromatic carbocycles. The largest absolute Gasteiger partial charge is 0.497 e. The van der Waals surface area contributed by atoms with Crippen molar-refractivity contribution in [2.75, 3.05) is 13.7 Å². The van der Waals surface area contributed by atoms with E-state index in [-0.39, 0.29) is 11.9 Å². The van der Waals surface area contributed by atoms with Crippen molar-refractivity contribution < 1.29 is 13.9 Å². The van der Waals surface area contributed by atoms with Crippen molar-refractivity contribution in [1.82, 2.24) is 4.90 Å². The second kappa shape index (κ2) is 6.28. The molecule has 0 aromatic heterocycles. The fraction of sp³-hybridized carbons (Fsp3) is 0.278. The summed E-state index contributed by atoms with van der Waals surface area (Å²) in [4.78, 5) is 13.5. The number of ether oxygens (including phenoxy) is 1. The smallest absolute Gasteiger partial charge is 0.315 e. The lowest BCUT2D eigenvalue weighted by Gasteiger charge is -2.36. The van der Waals surface area contributed by atoms with Gasteiger partial charge in [-0.1, -0.05) is 24.3 Å². The fourth-order valence-electron chi connectivity index (χ4n) is 3.22. The van der Waals surface area contributed by atoms with E-state index in [0.717, 1.165) is 17.5 Å². The second-order valence-electron chi connectivity index (χ2n) is 5.70. The number of halogens is 1. The highest BCUT2D eigenvalue weighted by atomic mass is 19.1. The van der Waals surface area contributed by atoms with Crippen molar-refractivity contribution in [2.45, 2.75) is 18.9 Å². The van der Waals surface area contributed by atoms with Crippen LogP contribution in [0, 0.1) is 5.82 Å². The molecule has 5 heteroatoms. The lowest BCUT2D eigenvalue weighted by molar-refractivity contribution is 0.178. The van der Waals surface area contributed by atoms with Gasteiger partial charge in [-0.25, -0.2) is 9.18 Å². The van der Waals surface area contributed by atoms with E-state index in [0.29, 0.717) is 18.7 Å². The molecule has 0 fully saturated rings. The Kier molecular flexibility index (Phi) is 4.19. The van der Waals surface area contributed by atoms with Gasteiger partial charge in [-0.3, -0.25) is 0 Å². The van der Waals surface area contributed by atoms with Crippen LogP contribution in [0.5, 0.6) is 5.75 Å². The summed E-state index contributed by atoms with van der Waals surface area (Å²) < 4.78 is 18.9. The first-order valence-corrected chi connectivity index (χ1v) is 7.56. The Labute approximate surface area is 134 Å². The zero-order chi connectivity index (χ0) is 16.4. The van der Waals surface area contributed by atoms with Crippen molar-refractivity contribution in [1.29, 1.82) is 0 Å². The Morgan fingerprint density at radius 1 is 1.35 bits per heavy atom. The summed E-state index contributed by atoms with van der Waals surface area (Å²) in [6, 6.07) is 12.0. The molecule has 1 unspecified atom stereocenters. The summed E-state index contributed by atoms with van der Waals surface area (Å²) in [6.07, 6.45) is 1.27. The lowest BCUT2D eigenvalue weighted by atomic mass is 9.89. The molecule has 2 aromatic rings. The predicted molar refractivity (Wildman–Crippen MR) is 85.8 cm³/mol. The highest BCUT2D eigenvalue weighted by molar-refractivity contribution is 5.73. The third-order valence-electron chi connectivity index (χ3n) is 4.29. The van der Waals surface area contributed by atoms with Gasteiger partial charge in [-0.05, 0) is 41.7 Å². The van der Waals surface area contributed by atoms with E-state index < -0.39 is 6.03 Å². The maximum Gasteiger partial charge on any atom is 0.315 e. The molecule has 0 aliphatic carbocycles. The van der Waals surface area contributed by atoms with Crippen LogP contribution in [0.2, 0.25) is 0 Å². The Balaban J connectivity index is 1.98. The molecule has 1 heterocycles. The Hall–Kier alpha value is -2.56. The minimum atomic E-state index is -0.451. The highest BCUT2D eigenvalue weighted by Crippen LogP contribution is 2.33. The van der Waals surface area contributed by atoms with Gasteiger partial charge in [0.1, 0.15) is 11.6 Å². The molecule has 1 aliphatic rings. The van der Waals surface area contributed by atoms with Crippen LogP contribution in [-0.4, -0.2) is 24.6 Å². The molecule has 23 heavy (non-hydrogen) atoms. The quantitative estimate of drug-likeness (QED) is 0.946. The maximum absolute atomic E-state index is 13.7. The minimum absolute atomic E-state index is 0.191. The van der Waals surface area contributed by atoms with Crippen molar-refractivity contribution in [3.8, 4) is 5.75 Å². The van der Waals surface area contributed by atoms with Gasteiger partial charge in [0.25, 0.3) is 0 Å². The number of fused-ring (bicyclic) bond motifs is 1. The van der Waals surface area contributed by atoms with E-state index in [9.17, 15) is 9.18 Å². The molecular weight excluding hydrogens is 295 g/mol. The molecule has 2 N–H and O–H groups in total. The number of rotatable bonds is 3. The van der Waals surface area contributed by atoms with Crippen LogP contribution in [0.25, 0.3) is 0 Å². The summed E-state index contributed by atoms with van der Waals surface area (Å²) in [6.45, 7) is 0.573. The molecule has 0 bridgehead atoms. The van der Waals surface area contributed by atoms with Crippen LogP contribution < -0.4 is 10.5 Å². The fourth-order valence-corrected chi connectivity index (χ4v) is 3.22. The second-order valence-corrected chi connectivity index (χ2v) is 5.70. The molecule has 0 radical (unpaired) electrons. The van der Waals surface area contributed by atoms with E-state index in [1.807, 2.05) is 18.2 Å². The topological polar surface area (TPSA) is 55.6 Å². The SMILES string of the molecule is COc1cc(F)cc(CC2c3ccccc3CCN2C(N)=O)c1. The zero-order valence-electron chi connectivity index (χ0n) is 13.0. The van der Waals surface area contributed by atoms with Crippen LogP contribution in [-0.2, 0) is 12.8 Å². The van der Waals surface area contributed by atoms with Crippen LogP contribution >= 0.6 is 0 Å². The molecule has 0 saturated heterocycles. The number of hydrogen-bond donors (Lipinski definition) is 1. The molecule has 0 saturated carbocycles. The van der Waals surface area contributed by atoms with Gasteiger partial charge in [-0.15, -0.1) is 0 Å². The van der Waals surface area contributed by atoms with Gasteiger partial charge in [-0.2, -0.15) is 0 Å². The zero-order valence-corrected chi connectivity index (χ0v) is 13.0. The van der Waals surface area contributed by atoms with Gasteiger partial charge < -0.3 is 15.4 Å². The summed E-state index contributed by atoms with van der Waals surface area (Å²) in [5.41, 5.74) is 8.59. The number of urea groups is 1. The van der Waals surface area contributed by atoms with E-state index in [1.54, 1.807) is 11.0 Å². The van der Waals surface area contributed by atoms with Gasteiger partial charge in [0.05, 0.1) is 13.2 Å². The molecule has 1 aliphatic heterocycles. The van der Waals surface area contributed by atoms with Gasteiger partial charge in [0.15, 0.2) is 0 Å². The Morgan fingerprint density at radius 3 is 2.87 bits per heavy atom. The number of benzene rings is 2. The van der Waals surface area contributed by atoms with Crippen molar-refractivity contribution >= 4 is 6.03 Å². The van der Waals surface area contributed by atoms with E-state index in [2.05, 4.69) is 6.07 Å². The van der Waals surface area contributed by atoms with E-state index in [4.69, 9.17) is 10.5 Å². The monoisotopic (exact) mass is 314 g/mol. The normalized spacial score (nSPS) is 16.8. The average molecular weight is 314 g/mol. The summed E-state index contributed by atoms with van der Waals surface area (Å²) >= 11 is 0. The number of methoxy groups -OCH3 is 1. The number of primary amides is 1. The van der Waals surface area contributed by atoms with Crippen LogP contribution in [0.15, 0.2) is 42.5 Å². The van der Waals surface area contributed by atoms with Crippen molar-refractivity contribution in [3.63, 3.8) is 0 Å². The van der Waals surface area contributed by atoms with Crippen LogP contribution in [0.1, 0.15) is 22.7 Å². The summed E-state index contributed by atoms with van der Waals surface area (Å²) in [5, 5.41) is 0. The average Bonchev–Trinajstić information content (AvgIpc) is 2.54. The van der Waals surface area contributed by atoms with E-state index >= 15 is 0 Å². The highest BCUT2D eigenvalue weighted by Gasteiger charge is 2.29. The third kappa shape index (κ3) is 3.13. The summed E-state index contributed by atoms with van der Waals surface area (Å²) in [5.74, 6) is 0.115. The van der Waals surface area contributed by atoms with E-state index in [1.165, 1.54) is 24.8 Å². The molecule has 1 atom stereocenters. The Morgan fingerprint density at radius 2 is 2.13 bits per heavy atom. The third-order valence-corrected chi connectivity index (χ3v) is 4.29.